The summed E-state index contributed by atoms with van der Waals surface area (Å²) in [5.41, 5.74) is 2.31. The number of aromatic nitrogens is 1. The van der Waals surface area contributed by atoms with Crippen molar-refractivity contribution in [1.29, 1.82) is 0 Å². The number of halogens is 1. The Hall–Kier alpha value is -2.46. The molecule has 1 aliphatic heterocycles. The molecular formula is C21H22ClN3O. The van der Waals surface area contributed by atoms with E-state index in [1.54, 1.807) is 0 Å². The SMILES string of the molecule is O=C(CCn1ccc2ccccc21)N1CCN(c2cccc(Cl)c2)CC1. The quantitative estimate of drug-likeness (QED) is 0.696. The van der Waals surface area contributed by atoms with Crippen LogP contribution in [0.4, 0.5) is 5.69 Å². The van der Waals surface area contributed by atoms with E-state index in [2.05, 4.69) is 39.9 Å². The number of hydrogen-bond acceptors (Lipinski definition) is 2. The summed E-state index contributed by atoms with van der Waals surface area (Å²) >= 11 is 6.08. The maximum Gasteiger partial charge on any atom is 0.224 e. The second kappa shape index (κ2) is 7.42. The van der Waals surface area contributed by atoms with Gasteiger partial charge in [-0.1, -0.05) is 35.9 Å². The number of carbonyl (C=O) groups is 1. The Morgan fingerprint density at radius 2 is 1.77 bits per heavy atom. The first kappa shape index (κ1) is 17.0. The second-order valence-electron chi connectivity index (χ2n) is 6.67. The first-order valence-electron chi connectivity index (χ1n) is 9.03. The molecule has 134 valence electrons. The molecule has 1 aromatic heterocycles. The van der Waals surface area contributed by atoms with Crippen molar-refractivity contribution < 1.29 is 4.79 Å². The van der Waals surface area contributed by atoms with E-state index < -0.39 is 0 Å². The molecule has 0 unspecified atom stereocenters. The Balaban J connectivity index is 1.32. The van der Waals surface area contributed by atoms with Crippen LogP contribution in [0.5, 0.6) is 0 Å². The molecule has 1 saturated heterocycles. The summed E-state index contributed by atoms with van der Waals surface area (Å²) in [6.07, 6.45) is 2.60. The highest BCUT2D eigenvalue weighted by Crippen LogP contribution is 2.21. The van der Waals surface area contributed by atoms with Crippen molar-refractivity contribution >= 4 is 34.1 Å². The van der Waals surface area contributed by atoms with Gasteiger partial charge in [-0.25, -0.2) is 0 Å². The van der Waals surface area contributed by atoms with Crippen LogP contribution in [0.15, 0.2) is 60.8 Å². The normalized spacial score (nSPS) is 14.8. The molecule has 2 heterocycles. The summed E-state index contributed by atoms with van der Waals surface area (Å²) in [5.74, 6) is 0.230. The average Bonchev–Trinajstić information content (AvgIpc) is 3.09. The summed E-state index contributed by atoms with van der Waals surface area (Å²) in [6, 6.07) is 18.3. The predicted octanol–water partition coefficient (Wildman–Crippen LogP) is 4.03. The number of hydrogen-bond donors (Lipinski definition) is 0. The van der Waals surface area contributed by atoms with Crippen LogP contribution in [-0.4, -0.2) is 41.6 Å². The molecular weight excluding hydrogens is 346 g/mol. The predicted molar refractivity (Wildman–Crippen MR) is 107 cm³/mol. The number of anilines is 1. The van der Waals surface area contributed by atoms with Crippen molar-refractivity contribution in [3.63, 3.8) is 0 Å². The van der Waals surface area contributed by atoms with Gasteiger partial charge in [0.05, 0.1) is 0 Å². The molecule has 3 aromatic rings. The molecule has 0 N–H and O–H groups in total. The van der Waals surface area contributed by atoms with Gasteiger partial charge in [-0.05, 0) is 35.7 Å². The van der Waals surface area contributed by atoms with Crippen molar-refractivity contribution in [1.82, 2.24) is 9.47 Å². The molecule has 26 heavy (non-hydrogen) atoms. The van der Waals surface area contributed by atoms with Crippen LogP contribution in [-0.2, 0) is 11.3 Å². The summed E-state index contributed by atoms with van der Waals surface area (Å²) in [5, 5.41) is 1.97. The molecule has 2 aromatic carbocycles. The fourth-order valence-corrected chi connectivity index (χ4v) is 3.78. The number of rotatable bonds is 4. The zero-order chi connectivity index (χ0) is 17.9. The van der Waals surface area contributed by atoms with Crippen LogP contribution in [0.3, 0.4) is 0 Å². The van der Waals surface area contributed by atoms with Crippen molar-refractivity contribution in [2.45, 2.75) is 13.0 Å². The third-order valence-corrected chi connectivity index (χ3v) is 5.29. The molecule has 0 atom stereocenters. The first-order chi connectivity index (χ1) is 12.7. The van der Waals surface area contributed by atoms with E-state index in [0.717, 1.165) is 43.4 Å². The van der Waals surface area contributed by atoms with E-state index in [-0.39, 0.29) is 5.91 Å². The number of aryl methyl sites for hydroxylation is 1. The highest BCUT2D eigenvalue weighted by Gasteiger charge is 2.21. The molecule has 4 rings (SSSR count). The number of para-hydroxylation sites is 1. The lowest BCUT2D eigenvalue weighted by atomic mass is 10.2. The molecule has 0 bridgehead atoms. The van der Waals surface area contributed by atoms with Crippen molar-refractivity contribution in [2.75, 3.05) is 31.1 Å². The van der Waals surface area contributed by atoms with Gasteiger partial charge in [-0.15, -0.1) is 0 Å². The van der Waals surface area contributed by atoms with Crippen molar-refractivity contribution in [3.05, 3.63) is 65.8 Å². The standard InChI is InChI=1S/C21H22ClN3O/c22-18-5-3-6-19(16-18)23-12-14-25(15-13-23)21(26)9-11-24-10-8-17-4-1-2-7-20(17)24/h1-8,10,16H,9,11-15H2. The van der Waals surface area contributed by atoms with Crippen LogP contribution >= 0.6 is 11.6 Å². The second-order valence-corrected chi connectivity index (χ2v) is 7.10. The molecule has 1 fully saturated rings. The van der Waals surface area contributed by atoms with Crippen molar-refractivity contribution in [2.24, 2.45) is 0 Å². The third kappa shape index (κ3) is 3.56. The lowest BCUT2D eigenvalue weighted by Crippen LogP contribution is -2.48. The van der Waals surface area contributed by atoms with Gasteiger partial charge in [0.25, 0.3) is 0 Å². The summed E-state index contributed by atoms with van der Waals surface area (Å²) in [7, 11) is 0. The van der Waals surface area contributed by atoms with E-state index >= 15 is 0 Å². The zero-order valence-electron chi connectivity index (χ0n) is 14.6. The molecule has 0 aliphatic carbocycles. The number of fused-ring (bicyclic) bond motifs is 1. The zero-order valence-corrected chi connectivity index (χ0v) is 15.4. The van der Waals surface area contributed by atoms with Crippen LogP contribution in [0.25, 0.3) is 10.9 Å². The van der Waals surface area contributed by atoms with Gasteiger partial charge in [0.15, 0.2) is 0 Å². The Morgan fingerprint density at radius 3 is 2.58 bits per heavy atom. The molecule has 0 spiro atoms. The van der Waals surface area contributed by atoms with E-state index in [1.165, 1.54) is 10.9 Å². The summed E-state index contributed by atoms with van der Waals surface area (Å²) in [6.45, 7) is 3.94. The van der Waals surface area contributed by atoms with Gasteiger partial charge in [0.2, 0.25) is 5.91 Å². The Morgan fingerprint density at radius 1 is 0.962 bits per heavy atom. The minimum Gasteiger partial charge on any atom is -0.368 e. The molecule has 1 amide bonds. The van der Waals surface area contributed by atoms with Crippen molar-refractivity contribution in [3.8, 4) is 0 Å². The number of carbonyl (C=O) groups excluding carboxylic acids is 1. The van der Waals surface area contributed by atoms with Crippen LogP contribution in [0, 0.1) is 0 Å². The van der Waals surface area contributed by atoms with Crippen LogP contribution in [0.2, 0.25) is 5.02 Å². The highest BCUT2D eigenvalue weighted by atomic mass is 35.5. The molecule has 4 nitrogen and oxygen atoms in total. The van der Waals surface area contributed by atoms with Crippen LogP contribution < -0.4 is 4.90 Å². The van der Waals surface area contributed by atoms with Gasteiger partial charge >= 0.3 is 0 Å². The smallest absolute Gasteiger partial charge is 0.224 e. The number of amides is 1. The largest absolute Gasteiger partial charge is 0.368 e. The number of piperazine rings is 1. The molecule has 0 radical (unpaired) electrons. The lowest BCUT2D eigenvalue weighted by Gasteiger charge is -2.36. The van der Waals surface area contributed by atoms with Crippen LogP contribution in [0.1, 0.15) is 6.42 Å². The van der Waals surface area contributed by atoms with E-state index in [1.807, 2.05) is 35.2 Å². The lowest BCUT2D eigenvalue weighted by molar-refractivity contribution is -0.131. The topological polar surface area (TPSA) is 28.5 Å². The monoisotopic (exact) mass is 367 g/mol. The molecule has 1 aliphatic rings. The minimum absolute atomic E-state index is 0.230. The van der Waals surface area contributed by atoms with E-state index in [4.69, 9.17) is 11.6 Å². The summed E-state index contributed by atoms with van der Waals surface area (Å²) < 4.78 is 2.16. The van der Waals surface area contributed by atoms with Gasteiger partial charge < -0.3 is 14.4 Å². The molecule has 5 heteroatoms. The van der Waals surface area contributed by atoms with Gasteiger partial charge in [0, 0.05) is 61.6 Å². The number of benzene rings is 2. The Bertz CT molecular complexity index is 912. The average molecular weight is 368 g/mol. The Kier molecular flexibility index (Phi) is 4.85. The first-order valence-corrected chi connectivity index (χ1v) is 9.41. The summed E-state index contributed by atoms with van der Waals surface area (Å²) in [4.78, 5) is 16.9. The minimum atomic E-state index is 0.230. The van der Waals surface area contributed by atoms with E-state index in [9.17, 15) is 4.79 Å². The maximum atomic E-state index is 12.6. The fourth-order valence-electron chi connectivity index (χ4n) is 3.60. The highest BCUT2D eigenvalue weighted by molar-refractivity contribution is 6.30. The Labute approximate surface area is 158 Å². The molecule has 0 saturated carbocycles. The van der Waals surface area contributed by atoms with E-state index in [0.29, 0.717) is 6.42 Å². The van der Waals surface area contributed by atoms with Gasteiger partial charge in [0.1, 0.15) is 0 Å². The van der Waals surface area contributed by atoms with Gasteiger partial charge in [-0.2, -0.15) is 0 Å². The fraction of sp³-hybridized carbons (Fsp3) is 0.286. The third-order valence-electron chi connectivity index (χ3n) is 5.05. The maximum absolute atomic E-state index is 12.6. The number of nitrogens with zero attached hydrogens (tertiary/aromatic N) is 3. The van der Waals surface area contributed by atoms with Gasteiger partial charge in [-0.3, -0.25) is 4.79 Å².